The molecule has 0 aliphatic carbocycles. The van der Waals surface area contributed by atoms with Crippen LogP contribution < -0.4 is 20.7 Å². The van der Waals surface area contributed by atoms with E-state index in [9.17, 15) is 10.1 Å². The number of aliphatic imine (C=N–C) groups is 1. The summed E-state index contributed by atoms with van der Waals surface area (Å²) in [4.78, 5) is 20.9. The number of nitriles is 1. The number of nitrogens with one attached hydrogen (secondary N) is 1. The molecule has 1 unspecified atom stereocenters. The Morgan fingerprint density at radius 2 is 1.68 bits per heavy atom. The highest BCUT2D eigenvalue weighted by Gasteiger charge is 2.27. The summed E-state index contributed by atoms with van der Waals surface area (Å²) in [5, 5.41) is 12.9. The van der Waals surface area contributed by atoms with E-state index in [0.29, 0.717) is 28.8 Å². The van der Waals surface area contributed by atoms with Crippen LogP contribution in [-0.4, -0.2) is 42.9 Å². The van der Waals surface area contributed by atoms with Gasteiger partial charge in [-0.15, -0.1) is 4.99 Å². The van der Waals surface area contributed by atoms with Crippen LogP contribution in [0.4, 0.5) is 5.69 Å². The Balaban J connectivity index is 1.55. The molecule has 8 nitrogen and oxygen atoms in total. The summed E-state index contributed by atoms with van der Waals surface area (Å²) in [6.45, 7) is 3.57. The summed E-state index contributed by atoms with van der Waals surface area (Å²) in [6, 6.07) is 23.5. The zero-order valence-electron chi connectivity index (χ0n) is 21.1. The maximum atomic E-state index is 13.1. The van der Waals surface area contributed by atoms with Crippen molar-refractivity contribution in [1.82, 2.24) is 10.2 Å². The molecule has 4 rings (SSSR count). The van der Waals surface area contributed by atoms with Crippen molar-refractivity contribution in [3.8, 4) is 17.7 Å². The molecule has 3 aromatic carbocycles. The molecule has 38 heavy (non-hydrogen) atoms. The third-order valence-electron chi connectivity index (χ3n) is 6.40. The molecule has 9 heteroatoms. The number of hydrogen-bond acceptors (Lipinski definition) is 5. The monoisotopic (exact) mass is 530 g/mol. The van der Waals surface area contributed by atoms with Crippen molar-refractivity contribution in [3.05, 3.63) is 89.4 Å². The first kappa shape index (κ1) is 27.0. The van der Waals surface area contributed by atoms with Crippen LogP contribution >= 0.6 is 11.6 Å². The molecule has 0 spiro atoms. The number of guanidine groups is 1. The van der Waals surface area contributed by atoms with Gasteiger partial charge in [0.05, 0.1) is 12.5 Å². The maximum Gasteiger partial charge on any atom is 0.222 e. The predicted octanol–water partition coefficient (Wildman–Crippen LogP) is 5.08. The lowest BCUT2D eigenvalue weighted by molar-refractivity contribution is -0.121. The fraction of sp³-hybridized carbons (Fsp3) is 0.276. The maximum absolute atomic E-state index is 13.1. The lowest BCUT2D eigenvalue weighted by atomic mass is 10.0. The molecule has 0 radical (unpaired) electrons. The van der Waals surface area contributed by atoms with Crippen molar-refractivity contribution in [2.45, 2.75) is 25.3 Å². The van der Waals surface area contributed by atoms with Gasteiger partial charge in [-0.3, -0.25) is 4.79 Å². The quantitative estimate of drug-likeness (QED) is 0.215. The Morgan fingerprint density at radius 1 is 1.05 bits per heavy atom. The number of halogens is 1. The SMILES string of the molecule is N#CN=C(N)N(c1ccc(Oc2ccc(Cl)cc2)cc1)C(CC(=O)NCCN1CCCC1)c1ccccc1. The number of rotatable bonds is 10. The minimum Gasteiger partial charge on any atom is -0.457 e. The van der Waals surface area contributed by atoms with Crippen LogP contribution in [0.2, 0.25) is 5.02 Å². The number of nitrogens with zero attached hydrogens (tertiary/aromatic N) is 4. The molecule has 1 aliphatic heterocycles. The van der Waals surface area contributed by atoms with Gasteiger partial charge < -0.3 is 25.6 Å². The van der Waals surface area contributed by atoms with Crippen molar-refractivity contribution < 1.29 is 9.53 Å². The van der Waals surface area contributed by atoms with E-state index in [1.165, 1.54) is 12.8 Å². The number of likely N-dealkylation sites (tertiary alicyclic amines) is 1. The average Bonchev–Trinajstić information content (AvgIpc) is 3.45. The zero-order chi connectivity index (χ0) is 26.7. The molecule has 1 atom stereocenters. The molecular weight excluding hydrogens is 500 g/mol. The summed E-state index contributed by atoms with van der Waals surface area (Å²) in [5.74, 6) is 1.16. The van der Waals surface area contributed by atoms with Crippen LogP contribution in [0.3, 0.4) is 0 Å². The topological polar surface area (TPSA) is 107 Å². The van der Waals surface area contributed by atoms with Gasteiger partial charge in [0.2, 0.25) is 18.1 Å². The average molecular weight is 531 g/mol. The van der Waals surface area contributed by atoms with Crippen molar-refractivity contribution in [2.24, 2.45) is 10.7 Å². The van der Waals surface area contributed by atoms with Gasteiger partial charge in [0.25, 0.3) is 0 Å². The molecule has 1 aliphatic rings. The van der Waals surface area contributed by atoms with Gasteiger partial charge in [0.1, 0.15) is 11.5 Å². The molecule has 1 fully saturated rings. The van der Waals surface area contributed by atoms with Gasteiger partial charge in [-0.05, 0) is 80.0 Å². The Hall–Kier alpha value is -4.06. The molecule has 196 valence electrons. The number of carbonyl (C=O) groups excluding carboxylic acids is 1. The lowest BCUT2D eigenvalue weighted by Gasteiger charge is -2.32. The van der Waals surface area contributed by atoms with Crippen LogP contribution in [0, 0.1) is 11.5 Å². The summed E-state index contributed by atoms with van der Waals surface area (Å²) in [5.41, 5.74) is 7.85. The number of benzene rings is 3. The number of hydrogen-bond donors (Lipinski definition) is 2. The number of nitrogens with two attached hydrogens (primary N) is 1. The first-order chi connectivity index (χ1) is 18.5. The van der Waals surface area contributed by atoms with E-state index in [-0.39, 0.29) is 18.3 Å². The number of carbonyl (C=O) groups is 1. The van der Waals surface area contributed by atoms with E-state index in [0.717, 1.165) is 25.2 Å². The van der Waals surface area contributed by atoms with E-state index >= 15 is 0 Å². The fourth-order valence-corrected chi connectivity index (χ4v) is 4.66. The van der Waals surface area contributed by atoms with E-state index in [1.54, 1.807) is 47.5 Å². The Labute approximate surface area is 228 Å². The van der Waals surface area contributed by atoms with E-state index < -0.39 is 6.04 Å². The van der Waals surface area contributed by atoms with Crippen molar-refractivity contribution in [3.63, 3.8) is 0 Å². The summed E-state index contributed by atoms with van der Waals surface area (Å²) >= 11 is 5.96. The second-order valence-corrected chi connectivity index (χ2v) is 9.46. The van der Waals surface area contributed by atoms with Gasteiger partial charge in [0, 0.05) is 23.8 Å². The van der Waals surface area contributed by atoms with Gasteiger partial charge >= 0.3 is 0 Å². The predicted molar refractivity (Wildman–Crippen MR) is 150 cm³/mol. The summed E-state index contributed by atoms with van der Waals surface area (Å²) in [6.07, 6.45) is 4.32. The highest BCUT2D eigenvalue weighted by molar-refractivity contribution is 6.30. The first-order valence-corrected chi connectivity index (χ1v) is 13.0. The highest BCUT2D eigenvalue weighted by Crippen LogP contribution is 2.32. The number of anilines is 1. The fourth-order valence-electron chi connectivity index (χ4n) is 4.53. The molecule has 0 aromatic heterocycles. The largest absolute Gasteiger partial charge is 0.457 e. The smallest absolute Gasteiger partial charge is 0.222 e. The lowest BCUT2D eigenvalue weighted by Crippen LogP contribution is -2.43. The normalized spacial score (nSPS) is 14.5. The molecule has 3 aromatic rings. The molecule has 1 saturated heterocycles. The van der Waals surface area contributed by atoms with Gasteiger partial charge in [0.15, 0.2) is 0 Å². The van der Waals surface area contributed by atoms with Crippen molar-refractivity contribution >= 4 is 29.2 Å². The third kappa shape index (κ3) is 7.48. The number of ether oxygens (including phenoxy) is 1. The standard InChI is InChI=1S/C29H31ClN6O2/c30-23-8-12-25(13-9-23)38-26-14-10-24(11-15-26)36(29(32)34-21-31)27(22-6-2-1-3-7-22)20-28(37)33-16-19-35-17-4-5-18-35/h1-3,6-15,27H,4-5,16-20H2,(H2,32,34)(H,33,37). The summed E-state index contributed by atoms with van der Waals surface area (Å²) in [7, 11) is 0. The second kappa shape index (κ2) is 13.5. The van der Waals surface area contributed by atoms with Gasteiger partial charge in [-0.1, -0.05) is 41.9 Å². The van der Waals surface area contributed by atoms with Crippen molar-refractivity contribution in [2.75, 3.05) is 31.1 Å². The third-order valence-corrected chi connectivity index (χ3v) is 6.65. The molecular formula is C29H31ClN6O2. The second-order valence-electron chi connectivity index (χ2n) is 9.02. The van der Waals surface area contributed by atoms with Gasteiger partial charge in [-0.2, -0.15) is 5.26 Å². The first-order valence-electron chi connectivity index (χ1n) is 12.6. The van der Waals surface area contributed by atoms with Crippen LogP contribution in [0.15, 0.2) is 83.9 Å². The summed E-state index contributed by atoms with van der Waals surface area (Å²) < 4.78 is 5.91. The molecule has 0 bridgehead atoms. The van der Waals surface area contributed by atoms with Crippen LogP contribution in [0.5, 0.6) is 11.5 Å². The minimum atomic E-state index is -0.483. The Morgan fingerprint density at radius 3 is 2.32 bits per heavy atom. The molecule has 0 saturated carbocycles. The van der Waals surface area contributed by atoms with E-state index in [4.69, 9.17) is 22.1 Å². The molecule has 1 heterocycles. The van der Waals surface area contributed by atoms with Crippen LogP contribution in [0.25, 0.3) is 0 Å². The van der Waals surface area contributed by atoms with Gasteiger partial charge in [-0.25, -0.2) is 0 Å². The Kier molecular flexibility index (Phi) is 9.57. The highest BCUT2D eigenvalue weighted by atomic mass is 35.5. The minimum absolute atomic E-state index is 0.00223. The molecule has 3 N–H and O–H groups in total. The van der Waals surface area contributed by atoms with Crippen molar-refractivity contribution in [1.29, 1.82) is 5.26 Å². The van der Waals surface area contributed by atoms with E-state index in [2.05, 4.69) is 15.2 Å². The van der Waals surface area contributed by atoms with E-state index in [1.807, 2.05) is 42.5 Å². The number of amides is 1. The van der Waals surface area contributed by atoms with Crippen LogP contribution in [0.1, 0.15) is 30.9 Å². The Bertz CT molecular complexity index is 1250. The zero-order valence-corrected chi connectivity index (χ0v) is 21.8. The van der Waals surface area contributed by atoms with Crippen LogP contribution in [-0.2, 0) is 4.79 Å². The molecule has 1 amide bonds.